The Morgan fingerprint density at radius 2 is 1.33 bits per heavy atom. The van der Waals surface area contributed by atoms with Crippen LogP contribution in [0.25, 0.3) is 49.4 Å². The molecule has 0 aliphatic heterocycles. The van der Waals surface area contributed by atoms with Crippen molar-refractivity contribution in [1.29, 1.82) is 0 Å². The maximum Gasteiger partial charge on any atom is 0.0543 e. The normalized spacial score (nSPS) is 12.1. The van der Waals surface area contributed by atoms with Gasteiger partial charge in [-0.2, -0.15) is 0 Å². The second-order valence-electron chi connectivity index (χ2n) is 11.0. The minimum Gasteiger partial charge on any atom is -0.354 e. The molecule has 0 aliphatic carbocycles. The molecule has 0 atom stereocenters. The first-order chi connectivity index (χ1) is 22.1. The van der Waals surface area contributed by atoms with E-state index in [-0.39, 0.29) is 0 Å². The summed E-state index contributed by atoms with van der Waals surface area (Å²) >= 11 is 0. The van der Waals surface area contributed by atoms with Crippen molar-refractivity contribution in [1.82, 2.24) is 0 Å². The van der Waals surface area contributed by atoms with Crippen molar-refractivity contribution in [3.63, 3.8) is 0 Å². The summed E-state index contributed by atoms with van der Waals surface area (Å²) < 4.78 is 0. The molecule has 0 saturated carbocycles. The number of nitrogens with one attached hydrogen (secondary N) is 1. The monoisotopic (exact) mass is 579 g/mol. The van der Waals surface area contributed by atoms with Crippen LogP contribution in [-0.4, -0.2) is 0 Å². The zero-order valence-electron chi connectivity index (χ0n) is 25.9. The second kappa shape index (κ2) is 13.3. The lowest BCUT2D eigenvalue weighted by molar-refractivity contribution is 1.55. The van der Waals surface area contributed by atoms with E-state index >= 15 is 0 Å². The van der Waals surface area contributed by atoms with Crippen molar-refractivity contribution < 1.29 is 0 Å². The van der Waals surface area contributed by atoms with Crippen LogP contribution in [0.15, 0.2) is 171 Å². The first-order valence-corrected chi connectivity index (χ1v) is 15.4. The molecular formula is C44H37N. The number of fused-ring (bicyclic) bond motifs is 2. The van der Waals surface area contributed by atoms with Gasteiger partial charge in [-0.05, 0) is 75.7 Å². The lowest BCUT2D eigenvalue weighted by atomic mass is 9.92. The van der Waals surface area contributed by atoms with Crippen LogP contribution in [0.5, 0.6) is 0 Å². The van der Waals surface area contributed by atoms with Crippen LogP contribution in [0.2, 0.25) is 0 Å². The molecule has 0 unspecified atom stereocenters. The number of hydrogen-bond donors (Lipinski definition) is 1. The predicted octanol–water partition coefficient (Wildman–Crippen LogP) is 12.7. The van der Waals surface area contributed by atoms with Gasteiger partial charge < -0.3 is 5.32 Å². The van der Waals surface area contributed by atoms with E-state index in [1.807, 2.05) is 13.0 Å². The van der Waals surface area contributed by atoms with Crippen molar-refractivity contribution in [3.8, 4) is 11.1 Å². The van der Waals surface area contributed by atoms with Crippen molar-refractivity contribution in [2.45, 2.75) is 13.8 Å². The molecule has 0 fully saturated rings. The number of rotatable bonds is 9. The van der Waals surface area contributed by atoms with Gasteiger partial charge >= 0.3 is 0 Å². The van der Waals surface area contributed by atoms with Gasteiger partial charge in [0.15, 0.2) is 0 Å². The van der Waals surface area contributed by atoms with E-state index in [1.54, 1.807) is 0 Å². The Morgan fingerprint density at radius 3 is 2.13 bits per heavy atom. The fraction of sp³-hybridized carbons (Fsp3) is 0.0455. The van der Waals surface area contributed by atoms with Gasteiger partial charge in [0, 0.05) is 22.0 Å². The molecule has 0 spiro atoms. The highest BCUT2D eigenvalue weighted by atomic mass is 14.9. The van der Waals surface area contributed by atoms with Crippen LogP contribution in [0.1, 0.15) is 30.5 Å². The smallest absolute Gasteiger partial charge is 0.0543 e. The first kappa shape index (κ1) is 29.4. The van der Waals surface area contributed by atoms with Gasteiger partial charge in [0.25, 0.3) is 0 Å². The predicted molar refractivity (Wildman–Crippen MR) is 199 cm³/mol. The van der Waals surface area contributed by atoms with E-state index in [0.29, 0.717) is 0 Å². The van der Waals surface area contributed by atoms with Crippen molar-refractivity contribution in [2.24, 2.45) is 0 Å². The van der Waals surface area contributed by atoms with Crippen molar-refractivity contribution >= 4 is 49.6 Å². The third-order valence-electron chi connectivity index (χ3n) is 8.38. The lowest BCUT2D eigenvalue weighted by Gasteiger charge is -2.18. The van der Waals surface area contributed by atoms with Crippen LogP contribution in [0, 0.1) is 0 Å². The molecule has 0 heterocycles. The Kier molecular flexibility index (Phi) is 8.71. The molecule has 1 N–H and O–H groups in total. The van der Waals surface area contributed by atoms with Crippen molar-refractivity contribution in [2.75, 3.05) is 5.32 Å². The van der Waals surface area contributed by atoms with Crippen LogP contribution in [-0.2, 0) is 0 Å². The molecule has 0 bridgehead atoms. The molecular weight excluding hydrogens is 542 g/mol. The Balaban J connectivity index is 1.44. The number of allylic oxidation sites excluding steroid dienone is 8. The molecule has 6 aromatic carbocycles. The highest BCUT2D eigenvalue weighted by molar-refractivity contribution is 6.06. The van der Waals surface area contributed by atoms with Gasteiger partial charge in [0.1, 0.15) is 0 Å². The van der Waals surface area contributed by atoms with E-state index in [4.69, 9.17) is 0 Å². The second-order valence-corrected chi connectivity index (χ2v) is 11.0. The van der Waals surface area contributed by atoms with Crippen molar-refractivity contribution in [3.05, 3.63) is 188 Å². The molecule has 6 aromatic rings. The van der Waals surface area contributed by atoms with E-state index in [9.17, 15) is 0 Å². The van der Waals surface area contributed by atoms with Crippen LogP contribution in [0.3, 0.4) is 0 Å². The molecule has 45 heavy (non-hydrogen) atoms. The van der Waals surface area contributed by atoms with E-state index < -0.39 is 0 Å². The van der Waals surface area contributed by atoms with Gasteiger partial charge in [-0.3, -0.25) is 0 Å². The largest absolute Gasteiger partial charge is 0.354 e. The summed E-state index contributed by atoms with van der Waals surface area (Å²) in [7, 11) is 0. The van der Waals surface area contributed by atoms with Crippen LogP contribution in [0.4, 0.5) is 11.4 Å². The third-order valence-corrected chi connectivity index (χ3v) is 8.38. The number of hydrogen-bond acceptors (Lipinski definition) is 1. The Morgan fingerprint density at radius 1 is 0.600 bits per heavy atom. The molecule has 0 radical (unpaired) electrons. The molecule has 0 amide bonds. The summed E-state index contributed by atoms with van der Waals surface area (Å²) in [5, 5.41) is 8.51. The summed E-state index contributed by atoms with van der Waals surface area (Å²) in [4.78, 5) is 0. The topological polar surface area (TPSA) is 12.0 Å². The van der Waals surface area contributed by atoms with E-state index in [2.05, 4.69) is 177 Å². The first-order valence-electron chi connectivity index (χ1n) is 15.4. The molecule has 0 aromatic heterocycles. The standard InChI is InChI=1S/C44H37N/c1-5-32(6-2)36-26-29-42-37(30-36)27-28-38(44(42)45-43-23-15-19-35-18-11-12-22-41(35)43)31(4)24-25-33(7-3)39-20-13-14-21-40(39)34-16-9-8-10-17-34/h5-30,45H,1,4H2,2-3H3/b25-24-,32-6+,33-7+. The Bertz CT molecular complexity index is 2120. The fourth-order valence-electron chi connectivity index (χ4n) is 6.01. The molecule has 6 rings (SSSR count). The number of anilines is 2. The maximum atomic E-state index is 4.57. The summed E-state index contributed by atoms with van der Waals surface area (Å²) in [6.07, 6.45) is 10.5. The lowest BCUT2D eigenvalue weighted by Crippen LogP contribution is -1.98. The minimum atomic E-state index is 0.931. The SMILES string of the molecule is C=C/C(=C\C)c1ccc2c(Nc3cccc4ccccc34)c(C(=C)/C=C\C(=C/C)c3ccccc3-c3ccccc3)ccc2c1. The van der Waals surface area contributed by atoms with E-state index in [1.165, 1.54) is 27.5 Å². The minimum absolute atomic E-state index is 0.931. The van der Waals surface area contributed by atoms with Crippen LogP contribution < -0.4 is 5.32 Å². The zero-order valence-corrected chi connectivity index (χ0v) is 25.9. The summed E-state index contributed by atoms with van der Waals surface area (Å²) in [6, 6.07) is 45.0. The Hall–Kier alpha value is -5.66. The van der Waals surface area contributed by atoms with Gasteiger partial charge in [-0.15, -0.1) is 0 Å². The quantitative estimate of drug-likeness (QED) is 0.168. The van der Waals surface area contributed by atoms with Gasteiger partial charge in [-0.25, -0.2) is 0 Å². The highest BCUT2D eigenvalue weighted by Gasteiger charge is 2.13. The molecule has 0 aliphatic rings. The number of benzene rings is 6. The molecule has 218 valence electrons. The van der Waals surface area contributed by atoms with Gasteiger partial charge in [0.05, 0.1) is 5.69 Å². The molecule has 1 heteroatoms. The van der Waals surface area contributed by atoms with Gasteiger partial charge in [0.2, 0.25) is 0 Å². The van der Waals surface area contributed by atoms with E-state index in [0.717, 1.165) is 50.0 Å². The fourth-order valence-corrected chi connectivity index (χ4v) is 6.01. The summed E-state index contributed by atoms with van der Waals surface area (Å²) in [6.45, 7) is 12.7. The zero-order chi connectivity index (χ0) is 31.2. The van der Waals surface area contributed by atoms with Gasteiger partial charge in [-0.1, -0.05) is 159 Å². The molecule has 1 nitrogen and oxygen atoms in total. The highest BCUT2D eigenvalue weighted by Crippen LogP contribution is 2.38. The summed E-state index contributed by atoms with van der Waals surface area (Å²) in [5.41, 5.74) is 11.1. The third kappa shape index (κ3) is 6.07. The Labute approximate surface area is 266 Å². The average molecular weight is 580 g/mol. The van der Waals surface area contributed by atoms with Crippen LogP contribution >= 0.6 is 0 Å². The average Bonchev–Trinajstić information content (AvgIpc) is 3.10. The maximum absolute atomic E-state index is 4.57. The summed E-state index contributed by atoms with van der Waals surface area (Å²) in [5.74, 6) is 0. The molecule has 0 saturated heterocycles.